The second-order valence-corrected chi connectivity index (χ2v) is 2.95. The van der Waals surface area contributed by atoms with Gasteiger partial charge in [-0.15, -0.1) is 0 Å². The van der Waals surface area contributed by atoms with Gasteiger partial charge in [-0.1, -0.05) is 6.07 Å². The summed E-state index contributed by atoms with van der Waals surface area (Å²) in [6.07, 6.45) is 5.28. The van der Waals surface area contributed by atoms with Gasteiger partial charge in [-0.2, -0.15) is 0 Å². The molecule has 2 heterocycles. The Bertz CT molecular complexity index is 412. The minimum atomic E-state index is 0.505. The zero-order valence-electron chi connectivity index (χ0n) is 7.72. The number of hydrogen-bond donors (Lipinski definition) is 1. The maximum absolute atomic E-state index is 5.63. The number of hydrogen-bond acceptors (Lipinski definition) is 3. The van der Waals surface area contributed by atoms with Gasteiger partial charge >= 0.3 is 0 Å². The van der Waals surface area contributed by atoms with Crippen LogP contribution in [0.3, 0.4) is 0 Å². The van der Waals surface area contributed by atoms with Crippen LogP contribution in [0, 0.1) is 0 Å². The Morgan fingerprint density at radius 2 is 1.86 bits per heavy atom. The topological polar surface area (TPSA) is 51.8 Å². The van der Waals surface area contributed by atoms with Crippen molar-refractivity contribution in [2.24, 2.45) is 5.73 Å². The first-order valence-corrected chi connectivity index (χ1v) is 4.46. The fourth-order valence-electron chi connectivity index (χ4n) is 1.37. The molecule has 14 heavy (non-hydrogen) atoms. The lowest BCUT2D eigenvalue weighted by Gasteiger charge is -2.05. The van der Waals surface area contributed by atoms with Gasteiger partial charge < -0.3 is 5.73 Å². The van der Waals surface area contributed by atoms with E-state index < -0.39 is 0 Å². The fourth-order valence-corrected chi connectivity index (χ4v) is 1.37. The second-order valence-electron chi connectivity index (χ2n) is 2.95. The molecule has 0 fully saturated rings. The Balaban J connectivity index is 2.51. The molecular formula is C11H11N3. The predicted octanol–water partition coefficient (Wildman–Crippen LogP) is 1.60. The van der Waals surface area contributed by atoms with Gasteiger partial charge in [0, 0.05) is 30.7 Å². The number of pyridine rings is 2. The van der Waals surface area contributed by atoms with E-state index in [4.69, 9.17) is 5.73 Å². The van der Waals surface area contributed by atoms with E-state index in [9.17, 15) is 0 Å². The van der Waals surface area contributed by atoms with Crippen molar-refractivity contribution >= 4 is 0 Å². The molecule has 0 aromatic carbocycles. The summed E-state index contributed by atoms with van der Waals surface area (Å²) in [7, 11) is 0. The zero-order valence-corrected chi connectivity index (χ0v) is 7.72. The van der Waals surface area contributed by atoms with E-state index in [1.54, 1.807) is 18.6 Å². The highest BCUT2D eigenvalue weighted by Crippen LogP contribution is 2.19. The molecule has 0 amide bonds. The van der Waals surface area contributed by atoms with Gasteiger partial charge in [-0.05, 0) is 23.8 Å². The van der Waals surface area contributed by atoms with Crippen LogP contribution in [0.1, 0.15) is 5.56 Å². The third-order valence-corrected chi connectivity index (χ3v) is 2.06. The van der Waals surface area contributed by atoms with Gasteiger partial charge in [0.1, 0.15) is 0 Å². The zero-order chi connectivity index (χ0) is 9.80. The molecular weight excluding hydrogens is 174 g/mol. The molecule has 0 saturated carbocycles. The van der Waals surface area contributed by atoms with Crippen molar-refractivity contribution in [3.8, 4) is 11.3 Å². The van der Waals surface area contributed by atoms with Crippen LogP contribution in [-0.4, -0.2) is 9.97 Å². The molecule has 0 bridgehead atoms. The molecule has 0 radical (unpaired) electrons. The van der Waals surface area contributed by atoms with Crippen molar-refractivity contribution in [2.75, 3.05) is 0 Å². The number of rotatable bonds is 2. The average Bonchev–Trinajstić information content (AvgIpc) is 2.30. The molecule has 2 aromatic heterocycles. The summed E-state index contributed by atoms with van der Waals surface area (Å²) in [4.78, 5) is 8.28. The lowest BCUT2D eigenvalue weighted by molar-refractivity contribution is 1.05. The van der Waals surface area contributed by atoms with Crippen molar-refractivity contribution < 1.29 is 0 Å². The minimum Gasteiger partial charge on any atom is -0.326 e. The average molecular weight is 185 g/mol. The van der Waals surface area contributed by atoms with Crippen LogP contribution >= 0.6 is 0 Å². The van der Waals surface area contributed by atoms with Crippen LogP contribution in [0.15, 0.2) is 42.9 Å². The predicted molar refractivity (Wildman–Crippen MR) is 55.4 cm³/mol. The van der Waals surface area contributed by atoms with Gasteiger partial charge in [-0.25, -0.2) is 0 Å². The summed E-state index contributed by atoms with van der Waals surface area (Å²) in [5.41, 5.74) is 8.69. The first kappa shape index (κ1) is 8.84. The maximum Gasteiger partial charge on any atom is 0.0747 e. The van der Waals surface area contributed by atoms with Crippen molar-refractivity contribution in [3.63, 3.8) is 0 Å². The van der Waals surface area contributed by atoms with Crippen LogP contribution in [-0.2, 0) is 6.54 Å². The van der Waals surface area contributed by atoms with Crippen LogP contribution in [0.2, 0.25) is 0 Å². The van der Waals surface area contributed by atoms with Gasteiger partial charge in [0.05, 0.1) is 5.69 Å². The first-order valence-electron chi connectivity index (χ1n) is 4.46. The molecule has 0 spiro atoms. The Labute approximate surface area is 82.6 Å². The van der Waals surface area contributed by atoms with Crippen LogP contribution in [0.5, 0.6) is 0 Å². The van der Waals surface area contributed by atoms with E-state index in [-0.39, 0.29) is 0 Å². The third kappa shape index (κ3) is 1.63. The van der Waals surface area contributed by atoms with E-state index in [0.29, 0.717) is 6.54 Å². The smallest absolute Gasteiger partial charge is 0.0747 e. The van der Waals surface area contributed by atoms with Crippen LogP contribution in [0.4, 0.5) is 0 Å². The van der Waals surface area contributed by atoms with Gasteiger partial charge in [0.15, 0.2) is 0 Å². The maximum atomic E-state index is 5.63. The Morgan fingerprint density at radius 3 is 2.57 bits per heavy atom. The molecule has 0 aliphatic carbocycles. The lowest BCUT2D eigenvalue weighted by atomic mass is 10.1. The molecule has 0 aliphatic rings. The van der Waals surface area contributed by atoms with Crippen molar-refractivity contribution in [2.45, 2.75) is 6.54 Å². The highest BCUT2D eigenvalue weighted by atomic mass is 14.7. The summed E-state index contributed by atoms with van der Waals surface area (Å²) in [5.74, 6) is 0. The Kier molecular flexibility index (Phi) is 2.51. The molecule has 2 rings (SSSR count). The molecule has 0 unspecified atom stereocenters. The van der Waals surface area contributed by atoms with Crippen molar-refractivity contribution in [1.29, 1.82) is 0 Å². The molecule has 0 aliphatic heterocycles. The molecule has 2 aromatic rings. The summed E-state index contributed by atoms with van der Waals surface area (Å²) >= 11 is 0. The molecule has 2 N–H and O–H groups in total. The standard InChI is InChI=1S/C11H11N3/c12-8-10-2-1-5-14-11(10)9-3-6-13-7-4-9/h1-7H,8,12H2. The van der Waals surface area contributed by atoms with E-state index in [0.717, 1.165) is 16.8 Å². The molecule has 3 heteroatoms. The molecule has 3 nitrogen and oxygen atoms in total. The lowest BCUT2D eigenvalue weighted by Crippen LogP contribution is -2.00. The van der Waals surface area contributed by atoms with Gasteiger partial charge in [0.2, 0.25) is 0 Å². The number of aromatic nitrogens is 2. The van der Waals surface area contributed by atoms with Crippen molar-refractivity contribution in [3.05, 3.63) is 48.4 Å². The van der Waals surface area contributed by atoms with Crippen LogP contribution < -0.4 is 5.73 Å². The minimum absolute atomic E-state index is 0.505. The van der Waals surface area contributed by atoms with Crippen LogP contribution in [0.25, 0.3) is 11.3 Å². The van der Waals surface area contributed by atoms with Gasteiger partial charge in [0.25, 0.3) is 0 Å². The molecule has 70 valence electrons. The quantitative estimate of drug-likeness (QED) is 0.773. The van der Waals surface area contributed by atoms with Gasteiger partial charge in [-0.3, -0.25) is 9.97 Å². The highest BCUT2D eigenvalue weighted by molar-refractivity contribution is 5.61. The monoisotopic (exact) mass is 185 g/mol. The summed E-state index contributed by atoms with van der Waals surface area (Å²) < 4.78 is 0. The highest BCUT2D eigenvalue weighted by Gasteiger charge is 2.03. The van der Waals surface area contributed by atoms with E-state index in [1.807, 2.05) is 24.3 Å². The summed E-state index contributed by atoms with van der Waals surface area (Å²) in [6.45, 7) is 0.505. The number of nitrogens with two attached hydrogens (primary N) is 1. The second kappa shape index (κ2) is 3.98. The fraction of sp³-hybridized carbons (Fsp3) is 0.0909. The van der Waals surface area contributed by atoms with E-state index in [2.05, 4.69) is 9.97 Å². The first-order chi connectivity index (χ1) is 6.92. The van der Waals surface area contributed by atoms with E-state index in [1.165, 1.54) is 0 Å². The third-order valence-electron chi connectivity index (χ3n) is 2.06. The van der Waals surface area contributed by atoms with E-state index >= 15 is 0 Å². The summed E-state index contributed by atoms with van der Waals surface area (Å²) in [5, 5.41) is 0. The molecule has 0 atom stereocenters. The Hall–Kier alpha value is -1.74. The Morgan fingerprint density at radius 1 is 1.07 bits per heavy atom. The number of nitrogens with zero attached hydrogens (tertiary/aromatic N) is 2. The van der Waals surface area contributed by atoms with Crippen molar-refractivity contribution in [1.82, 2.24) is 9.97 Å². The normalized spacial score (nSPS) is 10.1. The molecule has 0 saturated heterocycles. The SMILES string of the molecule is NCc1cccnc1-c1ccncc1. The summed E-state index contributed by atoms with van der Waals surface area (Å²) in [6, 6.07) is 7.75. The largest absolute Gasteiger partial charge is 0.326 e.